The fraction of sp³-hybridized carbons (Fsp3) is 0.562. The van der Waals surface area contributed by atoms with Gasteiger partial charge in [0.2, 0.25) is 0 Å². The molecule has 1 aliphatic rings. The number of urea groups is 1. The van der Waals surface area contributed by atoms with E-state index < -0.39 is 0 Å². The highest BCUT2D eigenvalue weighted by Crippen LogP contribution is 2.22. The molecule has 116 valence electrons. The molecule has 1 aromatic rings. The molecule has 0 saturated carbocycles. The maximum atomic E-state index is 11.7. The van der Waals surface area contributed by atoms with E-state index >= 15 is 0 Å². The second kappa shape index (κ2) is 8.52. The largest absolute Gasteiger partial charge is 0.383 e. The number of nitrogens with one attached hydrogen (secondary N) is 2. The predicted octanol–water partition coefficient (Wildman–Crippen LogP) is 2.83. The molecule has 0 atom stereocenters. The van der Waals surface area contributed by atoms with Crippen molar-refractivity contribution in [2.75, 3.05) is 43.6 Å². The molecule has 21 heavy (non-hydrogen) atoms. The number of nitrogens with zero attached hydrogens (tertiary/aromatic N) is 1. The Kier molecular flexibility index (Phi) is 6.34. The smallest absolute Gasteiger partial charge is 0.319 e. The highest BCUT2D eigenvalue weighted by atomic mass is 16.5. The Morgan fingerprint density at radius 2 is 2.00 bits per heavy atom. The van der Waals surface area contributed by atoms with Gasteiger partial charge in [-0.2, -0.15) is 0 Å². The second-order valence-corrected chi connectivity index (χ2v) is 5.33. The molecule has 1 aliphatic heterocycles. The van der Waals surface area contributed by atoms with E-state index in [-0.39, 0.29) is 6.03 Å². The first kappa shape index (κ1) is 15.6. The molecule has 1 aromatic carbocycles. The fourth-order valence-corrected chi connectivity index (χ4v) is 2.55. The Morgan fingerprint density at radius 1 is 1.24 bits per heavy atom. The summed E-state index contributed by atoms with van der Waals surface area (Å²) in [4.78, 5) is 14.1. The highest BCUT2D eigenvalue weighted by molar-refractivity contribution is 5.89. The minimum absolute atomic E-state index is 0.194. The monoisotopic (exact) mass is 291 g/mol. The molecule has 0 bridgehead atoms. The van der Waals surface area contributed by atoms with Gasteiger partial charge in [-0.3, -0.25) is 0 Å². The summed E-state index contributed by atoms with van der Waals surface area (Å²) < 4.78 is 4.90. The molecular formula is C16H25N3O2. The van der Waals surface area contributed by atoms with Crippen molar-refractivity contribution >= 4 is 17.4 Å². The van der Waals surface area contributed by atoms with E-state index in [9.17, 15) is 4.79 Å². The number of carbonyl (C=O) groups excluding carboxylic acids is 1. The van der Waals surface area contributed by atoms with Gasteiger partial charge in [0.15, 0.2) is 0 Å². The fourth-order valence-electron chi connectivity index (χ4n) is 2.55. The van der Waals surface area contributed by atoms with E-state index in [4.69, 9.17) is 4.74 Å². The van der Waals surface area contributed by atoms with E-state index in [0.29, 0.717) is 13.2 Å². The van der Waals surface area contributed by atoms with Crippen LogP contribution in [0.1, 0.15) is 25.7 Å². The van der Waals surface area contributed by atoms with Crippen LogP contribution in [0.2, 0.25) is 0 Å². The zero-order valence-corrected chi connectivity index (χ0v) is 12.7. The molecule has 5 heteroatoms. The average Bonchev–Trinajstić information content (AvgIpc) is 2.77. The number of anilines is 2. The maximum absolute atomic E-state index is 11.7. The van der Waals surface area contributed by atoms with Crippen LogP contribution < -0.4 is 15.5 Å². The Bertz CT molecular complexity index is 443. The molecule has 0 spiro atoms. The quantitative estimate of drug-likeness (QED) is 0.820. The van der Waals surface area contributed by atoms with Gasteiger partial charge in [0.1, 0.15) is 0 Å². The lowest BCUT2D eigenvalue weighted by molar-refractivity contribution is 0.198. The summed E-state index contributed by atoms with van der Waals surface area (Å²) in [6.45, 7) is 3.22. The molecular weight excluding hydrogens is 266 g/mol. The molecule has 0 aliphatic carbocycles. The van der Waals surface area contributed by atoms with Crippen molar-refractivity contribution in [3.8, 4) is 0 Å². The SMILES string of the molecule is COCCNC(=O)Nc1cccc(N2CCCCCC2)c1. The first-order valence-corrected chi connectivity index (χ1v) is 7.68. The number of benzene rings is 1. The lowest BCUT2D eigenvalue weighted by Crippen LogP contribution is -2.31. The third kappa shape index (κ3) is 5.27. The van der Waals surface area contributed by atoms with E-state index in [1.807, 2.05) is 18.2 Å². The van der Waals surface area contributed by atoms with E-state index in [1.54, 1.807) is 7.11 Å². The van der Waals surface area contributed by atoms with Crippen LogP contribution in [0.5, 0.6) is 0 Å². The third-order valence-electron chi connectivity index (χ3n) is 3.67. The molecule has 1 heterocycles. The standard InChI is InChI=1S/C16H25N3O2/c1-21-12-9-17-16(20)18-14-7-6-8-15(13-14)19-10-4-2-3-5-11-19/h6-8,13H,2-5,9-12H2,1H3,(H2,17,18,20). The number of methoxy groups -OCH3 is 1. The Hall–Kier alpha value is -1.75. The minimum Gasteiger partial charge on any atom is -0.383 e. The highest BCUT2D eigenvalue weighted by Gasteiger charge is 2.10. The van der Waals surface area contributed by atoms with Crippen LogP contribution in [0, 0.1) is 0 Å². The van der Waals surface area contributed by atoms with E-state index in [0.717, 1.165) is 18.8 Å². The lowest BCUT2D eigenvalue weighted by Gasteiger charge is -2.23. The van der Waals surface area contributed by atoms with Crippen molar-refractivity contribution in [3.05, 3.63) is 24.3 Å². The molecule has 2 amide bonds. The van der Waals surface area contributed by atoms with Gasteiger partial charge in [0.05, 0.1) is 6.61 Å². The first-order chi connectivity index (χ1) is 10.3. The van der Waals surface area contributed by atoms with Crippen LogP contribution in [-0.2, 0) is 4.74 Å². The van der Waals surface area contributed by atoms with Gasteiger partial charge in [-0.05, 0) is 31.0 Å². The van der Waals surface area contributed by atoms with Crippen LogP contribution in [0.4, 0.5) is 16.2 Å². The van der Waals surface area contributed by atoms with Crippen LogP contribution in [0.25, 0.3) is 0 Å². The minimum atomic E-state index is -0.194. The summed E-state index contributed by atoms with van der Waals surface area (Å²) in [5.74, 6) is 0. The Labute approximate surface area is 126 Å². The Morgan fingerprint density at radius 3 is 2.71 bits per heavy atom. The normalized spacial score (nSPS) is 15.4. The van der Waals surface area contributed by atoms with Crippen LogP contribution in [0.3, 0.4) is 0 Å². The summed E-state index contributed by atoms with van der Waals surface area (Å²) >= 11 is 0. The number of rotatable bonds is 5. The van der Waals surface area contributed by atoms with E-state index in [2.05, 4.69) is 21.6 Å². The number of hydrogen-bond donors (Lipinski definition) is 2. The summed E-state index contributed by atoms with van der Waals surface area (Å²) in [5, 5.41) is 5.62. The van der Waals surface area contributed by atoms with Gasteiger partial charge in [-0.15, -0.1) is 0 Å². The number of carbonyl (C=O) groups is 1. The molecule has 2 rings (SSSR count). The molecule has 0 unspecified atom stereocenters. The van der Waals surface area contributed by atoms with Crippen molar-refractivity contribution in [2.24, 2.45) is 0 Å². The molecule has 0 radical (unpaired) electrons. The number of amides is 2. The third-order valence-corrected chi connectivity index (χ3v) is 3.67. The number of ether oxygens (including phenoxy) is 1. The van der Waals surface area contributed by atoms with Gasteiger partial charge >= 0.3 is 6.03 Å². The summed E-state index contributed by atoms with van der Waals surface area (Å²) in [6.07, 6.45) is 5.12. The topological polar surface area (TPSA) is 53.6 Å². The zero-order valence-electron chi connectivity index (χ0n) is 12.7. The first-order valence-electron chi connectivity index (χ1n) is 7.68. The second-order valence-electron chi connectivity index (χ2n) is 5.33. The van der Waals surface area contributed by atoms with Crippen LogP contribution in [0.15, 0.2) is 24.3 Å². The van der Waals surface area contributed by atoms with Gasteiger partial charge < -0.3 is 20.3 Å². The van der Waals surface area contributed by atoms with Crippen molar-refractivity contribution in [2.45, 2.75) is 25.7 Å². The molecule has 5 nitrogen and oxygen atoms in total. The molecule has 1 saturated heterocycles. The molecule has 2 N–H and O–H groups in total. The van der Waals surface area contributed by atoms with E-state index in [1.165, 1.54) is 31.4 Å². The van der Waals surface area contributed by atoms with Crippen LogP contribution in [-0.4, -0.2) is 39.4 Å². The summed E-state index contributed by atoms with van der Waals surface area (Å²) in [6, 6.07) is 7.86. The van der Waals surface area contributed by atoms with Gasteiger partial charge in [-0.1, -0.05) is 18.9 Å². The van der Waals surface area contributed by atoms with Crippen LogP contribution >= 0.6 is 0 Å². The number of hydrogen-bond acceptors (Lipinski definition) is 3. The van der Waals surface area contributed by atoms with Crippen molar-refractivity contribution in [1.82, 2.24) is 5.32 Å². The predicted molar refractivity (Wildman–Crippen MR) is 86.0 cm³/mol. The summed E-state index contributed by atoms with van der Waals surface area (Å²) in [5.41, 5.74) is 2.01. The summed E-state index contributed by atoms with van der Waals surface area (Å²) in [7, 11) is 1.62. The van der Waals surface area contributed by atoms with Gasteiger partial charge in [-0.25, -0.2) is 4.79 Å². The average molecular weight is 291 g/mol. The maximum Gasteiger partial charge on any atom is 0.319 e. The van der Waals surface area contributed by atoms with Crippen molar-refractivity contribution in [1.29, 1.82) is 0 Å². The van der Waals surface area contributed by atoms with Gasteiger partial charge in [0, 0.05) is 38.1 Å². The van der Waals surface area contributed by atoms with Crippen molar-refractivity contribution < 1.29 is 9.53 Å². The molecule has 1 fully saturated rings. The van der Waals surface area contributed by atoms with Gasteiger partial charge in [0.25, 0.3) is 0 Å². The van der Waals surface area contributed by atoms with Crippen molar-refractivity contribution in [3.63, 3.8) is 0 Å². The molecule has 0 aromatic heterocycles. The lowest BCUT2D eigenvalue weighted by atomic mass is 10.2. The Balaban J connectivity index is 1.92. The zero-order chi connectivity index (χ0) is 14.9.